The molecule has 0 heterocycles. The summed E-state index contributed by atoms with van der Waals surface area (Å²) in [6.07, 6.45) is 6.88. The lowest BCUT2D eigenvalue weighted by Crippen LogP contribution is -2.15. The first-order valence-corrected chi connectivity index (χ1v) is 7.90. The van der Waals surface area contributed by atoms with E-state index in [0.717, 1.165) is 16.7 Å². The van der Waals surface area contributed by atoms with Crippen LogP contribution in [0.15, 0.2) is 12.1 Å². The van der Waals surface area contributed by atoms with Crippen molar-refractivity contribution in [2.75, 3.05) is 6.61 Å². The van der Waals surface area contributed by atoms with Crippen molar-refractivity contribution in [2.24, 2.45) is 0 Å². The molecule has 1 aromatic rings. The standard InChI is InChI=1S/C18H28O2/c1-18(2,3)16-12-13(9-10-19)11-15(17(16)20)14-7-5-4-6-8-14/h11-12,14,19-20H,4-10H2,1-3H3. The van der Waals surface area contributed by atoms with Gasteiger partial charge in [-0.2, -0.15) is 0 Å². The van der Waals surface area contributed by atoms with Crippen LogP contribution in [0.1, 0.15) is 75.5 Å². The maximum atomic E-state index is 10.7. The first-order valence-electron chi connectivity index (χ1n) is 7.90. The second-order valence-corrected chi connectivity index (χ2v) is 7.14. The molecule has 0 aliphatic heterocycles. The normalized spacial score (nSPS) is 17.4. The summed E-state index contributed by atoms with van der Waals surface area (Å²) in [6, 6.07) is 4.19. The van der Waals surface area contributed by atoms with Gasteiger partial charge in [-0.1, -0.05) is 52.2 Å². The molecule has 0 radical (unpaired) electrons. The highest BCUT2D eigenvalue weighted by molar-refractivity contribution is 5.48. The molecule has 1 fully saturated rings. The van der Waals surface area contributed by atoms with Gasteiger partial charge in [0.05, 0.1) is 0 Å². The van der Waals surface area contributed by atoms with Crippen molar-refractivity contribution in [3.63, 3.8) is 0 Å². The molecule has 2 rings (SSSR count). The third kappa shape index (κ3) is 3.35. The average Bonchev–Trinajstić information content (AvgIpc) is 2.40. The van der Waals surface area contributed by atoms with E-state index in [1.807, 2.05) is 0 Å². The van der Waals surface area contributed by atoms with Crippen molar-refractivity contribution in [1.29, 1.82) is 0 Å². The van der Waals surface area contributed by atoms with Crippen molar-refractivity contribution in [1.82, 2.24) is 0 Å². The van der Waals surface area contributed by atoms with Gasteiger partial charge in [-0.15, -0.1) is 0 Å². The molecular formula is C18H28O2. The number of aliphatic hydroxyl groups is 1. The van der Waals surface area contributed by atoms with Crippen molar-refractivity contribution in [2.45, 2.75) is 70.6 Å². The maximum Gasteiger partial charge on any atom is 0.122 e. The Morgan fingerprint density at radius 2 is 1.75 bits per heavy atom. The molecule has 0 amide bonds. The van der Waals surface area contributed by atoms with E-state index < -0.39 is 0 Å². The summed E-state index contributed by atoms with van der Waals surface area (Å²) in [5.74, 6) is 0.981. The Balaban J connectivity index is 2.45. The number of aliphatic hydroxyl groups excluding tert-OH is 1. The van der Waals surface area contributed by atoms with E-state index in [4.69, 9.17) is 0 Å². The summed E-state index contributed by atoms with van der Waals surface area (Å²) in [5, 5.41) is 19.9. The molecule has 0 unspecified atom stereocenters. The minimum atomic E-state index is -0.0705. The van der Waals surface area contributed by atoms with Crippen LogP contribution in [0.2, 0.25) is 0 Å². The number of benzene rings is 1. The fourth-order valence-electron chi connectivity index (χ4n) is 3.29. The highest BCUT2D eigenvalue weighted by Crippen LogP contribution is 2.42. The average molecular weight is 276 g/mol. The fraction of sp³-hybridized carbons (Fsp3) is 0.667. The van der Waals surface area contributed by atoms with Crippen LogP contribution in [0.25, 0.3) is 0 Å². The molecule has 1 saturated carbocycles. The Bertz CT molecular complexity index is 451. The van der Waals surface area contributed by atoms with E-state index in [1.165, 1.54) is 32.1 Å². The van der Waals surface area contributed by atoms with Gasteiger partial charge in [0.15, 0.2) is 0 Å². The summed E-state index contributed by atoms with van der Waals surface area (Å²) in [6.45, 7) is 6.57. The second kappa shape index (κ2) is 6.17. The van der Waals surface area contributed by atoms with Crippen LogP contribution in [0, 0.1) is 0 Å². The van der Waals surface area contributed by atoms with Crippen molar-refractivity contribution >= 4 is 0 Å². The van der Waals surface area contributed by atoms with Gasteiger partial charge in [-0.3, -0.25) is 0 Å². The molecule has 0 atom stereocenters. The lowest BCUT2D eigenvalue weighted by atomic mass is 9.78. The van der Waals surface area contributed by atoms with Gasteiger partial charge in [-0.05, 0) is 47.3 Å². The zero-order chi connectivity index (χ0) is 14.8. The smallest absolute Gasteiger partial charge is 0.122 e. The van der Waals surface area contributed by atoms with E-state index in [9.17, 15) is 10.2 Å². The van der Waals surface area contributed by atoms with Crippen LogP contribution >= 0.6 is 0 Å². The Labute approximate surface area is 122 Å². The van der Waals surface area contributed by atoms with E-state index in [-0.39, 0.29) is 12.0 Å². The number of aromatic hydroxyl groups is 1. The van der Waals surface area contributed by atoms with Gasteiger partial charge in [-0.25, -0.2) is 0 Å². The van der Waals surface area contributed by atoms with E-state index >= 15 is 0 Å². The number of hydrogen-bond acceptors (Lipinski definition) is 2. The number of hydrogen-bond donors (Lipinski definition) is 2. The molecule has 20 heavy (non-hydrogen) atoms. The van der Waals surface area contributed by atoms with Crippen molar-refractivity contribution in [3.05, 3.63) is 28.8 Å². The Morgan fingerprint density at radius 3 is 2.30 bits per heavy atom. The lowest BCUT2D eigenvalue weighted by Gasteiger charge is -2.28. The first-order chi connectivity index (χ1) is 9.43. The third-order valence-electron chi connectivity index (χ3n) is 4.45. The predicted octanol–water partition coefficient (Wildman–Crippen LogP) is 4.27. The van der Waals surface area contributed by atoms with Gasteiger partial charge in [0, 0.05) is 6.61 Å². The largest absolute Gasteiger partial charge is 0.507 e. The molecule has 2 N–H and O–H groups in total. The molecule has 1 aliphatic rings. The number of phenols is 1. The summed E-state index contributed by atoms with van der Waals surface area (Å²) in [4.78, 5) is 0. The van der Waals surface area contributed by atoms with E-state index in [1.54, 1.807) is 0 Å². The number of phenolic OH excluding ortho intramolecular Hbond substituents is 1. The summed E-state index contributed by atoms with van der Waals surface area (Å²) in [7, 11) is 0. The van der Waals surface area contributed by atoms with E-state index in [0.29, 0.717) is 18.1 Å². The maximum absolute atomic E-state index is 10.7. The molecule has 2 nitrogen and oxygen atoms in total. The van der Waals surface area contributed by atoms with Crippen LogP contribution in [0.3, 0.4) is 0 Å². The molecule has 1 aliphatic carbocycles. The minimum absolute atomic E-state index is 0.0705. The minimum Gasteiger partial charge on any atom is -0.507 e. The fourth-order valence-corrected chi connectivity index (χ4v) is 3.29. The molecule has 1 aromatic carbocycles. The highest BCUT2D eigenvalue weighted by Gasteiger charge is 2.25. The molecule has 0 bridgehead atoms. The van der Waals surface area contributed by atoms with Crippen LogP contribution in [-0.4, -0.2) is 16.8 Å². The first kappa shape index (κ1) is 15.4. The zero-order valence-electron chi connectivity index (χ0n) is 13.1. The second-order valence-electron chi connectivity index (χ2n) is 7.14. The lowest BCUT2D eigenvalue weighted by molar-refractivity contribution is 0.299. The predicted molar refractivity (Wildman–Crippen MR) is 83.4 cm³/mol. The van der Waals surface area contributed by atoms with Gasteiger partial charge in [0.1, 0.15) is 5.75 Å². The Morgan fingerprint density at radius 1 is 1.10 bits per heavy atom. The SMILES string of the molecule is CC(C)(C)c1cc(CCO)cc(C2CCCCC2)c1O. The van der Waals surface area contributed by atoms with Crippen molar-refractivity contribution in [3.8, 4) is 5.75 Å². The van der Waals surface area contributed by atoms with Gasteiger partial charge >= 0.3 is 0 Å². The monoisotopic (exact) mass is 276 g/mol. The van der Waals surface area contributed by atoms with Crippen LogP contribution in [-0.2, 0) is 11.8 Å². The third-order valence-corrected chi connectivity index (χ3v) is 4.45. The summed E-state index contributed by atoms with van der Waals surface area (Å²) >= 11 is 0. The van der Waals surface area contributed by atoms with Crippen LogP contribution < -0.4 is 0 Å². The summed E-state index contributed by atoms with van der Waals surface area (Å²) < 4.78 is 0. The van der Waals surface area contributed by atoms with Gasteiger partial charge < -0.3 is 10.2 Å². The molecule has 2 heteroatoms. The Hall–Kier alpha value is -1.02. The highest BCUT2D eigenvalue weighted by atomic mass is 16.3. The summed E-state index contributed by atoms with van der Waals surface area (Å²) in [5.41, 5.74) is 3.21. The quantitative estimate of drug-likeness (QED) is 0.865. The van der Waals surface area contributed by atoms with Crippen molar-refractivity contribution < 1.29 is 10.2 Å². The van der Waals surface area contributed by atoms with Gasteiger partial charge in [0.2, 0.25) is 0 Å². The molecule has 0 saturated heterocycles. The molecule has 0 aromatic heterocycles. The molecular weight excluding hydrogens is 248 g/mol. The molecule has 112 valence electrons. The van der Waals surface area contributed by atoms with Crippen LogP contribution in [0.5, 0.6) is 5.75 Å². The van der Waals surface area contributed by atoms with E-state index in [2.05, 4.69) is 32.9 Å². The molecule has 0 spiro atoms. The van der Waals surface area contributed by atoms with Crippen LogP contribution in [0.4, 0.5) is 0 Å². The number of rotatable bonds is 3. The Kier molecular flexibility index (Phi) is 4.74. The zero-order valence-corrected chi connectivity index (χ0v) is 13.1. The van der Waals surface area contributed by atoms with Gasteiger partial charge in [0.25, 0.3) is 0 Å². The topological polar surface area (TPSA) is 40.5 Å².